The molecule has 3 aliphatic heterocycles. The number of Topliss-reactive ketones (excluding diaryl/α,β-unsaturated/α-hetero) is 1. The summed E-state index contributed by atoms with van der Waals surface area (Å²) in [6.07, 6.45) is -3.83. The van der Waals surface area contributed by atoms with E-state index in [0.717, 1.165) is 28.2 Å². The number of nitriles is 1. The molecule has 6 rings (SSSR count). The highest BCUT2D eigenvalue weighted by Crippen LogP contribution is 2.41. The van der Waals surface area contributed by atoms with Crippen molar-refractivity contribution in [2.24, 2.45) is 5.92 Å². The average molecular weight is 863 g/mol. The molecule has 0 aromatic heterocycles. The number of hydrogen-bond acceptors (Lipinski definition) is 9. The molecule has 0 radical (unpaired) electrons. The molecular weight excluding hydrogens is 813 g/mol. The van der Waals surface area contributed by atoms with Gasteiger partial charge in [0.15, 0.2) is 10.9 Å². The maximum absolute atomic E-state index is 14.8. The van der Waals surface area contributed by atoms with E-state index in [1.165, 1.54) is 12.1 Å². The van der Waals surface area contributed by atoms with Gasteiger partial charge in [-0.3, -0.25) is 39.2 Å². The molecule has 3 aliphatic rings. The Balaban J connectivity index is 1.06. The summed E-state index contributed by atoms with van der Waals surface area (Å²) in [6.45, 7) is 13.9. The van der Waals surface area contributed by atoms with E-state index in [4.69, 9.17) is 17.0 Å². The predicted octanol–water partition coefficient (Wildman–Crippen LogP) is 6.94. The Bertz CT molecular complexity index is 2260. The molecule has 3 heterocycles. The molecule has 0 aliphatic carbocycles. The topological polar surface area (TPSA) is 126 Å². The van der Waals surface area contributed by atoms with Gasteiger partial charge in [-0.15, -0.1) is 0 Å². The molecule has 3 aromatic carbocycles. The van der Waals surface area contributed by atoms with Crippen LogP contribution in [0.5, 0.6) is 5.75 Å². The molecule has 3 aromatic rings. The van der Waals surface area contributed by atoms with E-state index in [-0.39, 0.29) is 77.3 Å². The zero-order valence-corrected chi connectivity index (χ0v) is 35.9. The third kappa shape index (κ3) is 9.79. The molecule has 324 valence electrons. The second-order valence-electron chi connectivity index (χ2n) is 17.0. The van der Waals surface area contributed by atoms with Gasteiger partial charge in [-0.05, 0) is 118 Å². The van der Waals surface area contributed by atoms with Crippen LogP contribution in [0.25, 0.3) is 0 Å². The van der Waals surface area contributed by atoms with E-state index in [1.54, 1.807) is 43.0 Å². The number of alkyl halides is 3. The quantitative estimate of drug-likeness (QED) is 0.110. The van der Waals surface area contributed by atoms with E-state index in [0.29, 0.717) is 50.5 Å². The van der Waals surface area contributed by atoms with E-state index in [9.17, 15) is 42.0 Å². The molecule has 61 heavy (non-hydrogen) atoms. The van der Waals surface area contributed by atoms with Crippen LogP contribution in [0.4, 0.5) is 28.9 Å². The number of nitrogens with one attached hydrogen (secondary N) is 1. The number of nitrogens with zero attached hydrogens (tertiary/aromatic N) is 5. The molecule has 1 unspecified atom stereocenters. The molecular formula is C45H50F4N6O5S. The van der Waals surface area contributed by atoms with Crippen LogP contribution in [-0.4, -0.2) is 88.8 Å². The minimum absolute atomic E-state index is 0.00340. The smallest absolute Gasteiger partial charge is 0.417 e. The standard InChI is InChI=1S/C45H50F4N6O5S/c1-26(2)36-20-34(55-43(61)54(42(59)44(55,5)6)33-10-8-31(22-50)37(21-33)45(47,48)49)11-13-39(36)60-16-15-52-23-27(3)53(28(4)24-52)25-35(56)19-32-18-29(7-12-38(32)46)17-30-9-14-40(57)51-41(30)58/h7-8,10-13,18,20-21,26-28,30H,9,14-17,19,23-25H2,1-6H3,(H,51,57,58)/t27-,28+,30?. The molecule has 3 atom stereocenters. The summed E-state index contributed by atoms with van der Waals surface area (Å²) in [5, 5.41) is 11.6. The number of ether oxygens (including phenoxy) is 1. The van der Waals surface area contributed by atoms with Crippen LogP contribution in [0.15, 0.2) is 54.6 Å². The van der Waals surface area contributed by atoms with Gasteiger partial charge in [0.25, 0.3) is 5.91 Å². The largest absolute Gasteiger partial charge is 0.492 e. The first kappa shape index (κ1) is 45.3. The molecule has 3 amide bonds. The molecule has 0 saturated carbocycles. The molecule has 16 heteroatoms. The number of imide groups is 1. The van der Waals surface area contributed by atoms with Gasteiger partial charge in [0, 0.05) is 56.2 Å². The Morgan fingerprint density at radius 3 is 2.34 bits per heavy atom. The van der Waals surface area contributed by atoms with Gasteiger partial charge >= 0.3 is 6.18 Å². The number of ketones is 1. The summed E-state index contributed by atoms with van der Waals surface area (Å²) in [4.78, 5) is 58.0. The summed E-state index contributed by atoms with van der Waals surface area (Å²) in [5.41, 5.74) is -0.593. The first-order chi connectivity index (χ1) is 28.7. The van der Waals surface area contributed by atoms with Gasteiger partial charge in [0.1, 0.15) is 23.7 Å². The van der Waals surface area contributed by atoms with Gasteiger partial charge in [0.2, 0.25) is 11.8 Å². The lowest BCUT2D eigenvalue weighted by Gasteiger charge is -2.44. The number of anilines is 2. The summed E-state index contributed by atoms with van der Waals surface area (Å²) < 4.78 is 62.7. The van der Waals surface area contributed by atoms with Crippen molar-refractivity contribution in [3.8, 4) is 11.8 Å². The first-order valence-corrected chi connectivity index (χ1v) is 20.8. The maximum Gasteiger partial charge on any atom is 0.417 e. The van der Waals surface area contributed by atoms with Crippen LogP contribution in [-0.2, 0) is 38.2 Å². The van der Waals surface area contributed by atoms with Gasteiger partial charge in [-0.25, -0.2) is 4.39 Å². The second kappa shape index (κ2) is 18.0. The minimum atomic E-state index is -4.81. The Morgan fingerprint density at radius 2 is 1.70 bits per heavy atom. The lowest BCUT2D eigenvalue weighted by molar-refractivity contribution is -0.138. The third-order valence-electron chi connectivity index (χ3n) is 11.8. The van der Waals surface area contributed by atoms with Crippen LogP contribution in [0, 0.1) is 23.1 Å². The number of benzene rings is 3. The third-order valence-corrected chi connectivity index (χ3v) is 12.1. The second-order valence-corrected chi connectivity index (χ2v) is 17.4. The summed E-state index contributed by atoms with van der Waals surface area (Å²) >= 11 is 5.75. The first-order valence-electron chi connectivity index (χ1n) is 20.4. The SMILES string of the molecule is CC(C)c1cc(N2C(=S)N(c3ccc(C#N)c(C(F)(F)F)c3)C(=O)C2(C)C)ccc1OCCN1C[C@@H](C)N(CC(=O)Cc2cc(CC3CCC(=O)NC3=O)ccc2F)[C@@H](C)C1. The van der Waals surface area contributed by atoms with E-state index in [2.05, 4.69) is 29.0 Å². The van der Waals surface area contributed by atoms with Crippen molar-refractivity contribution in [1.82, 2.24) is 15.1 Å². The average Bonchev–Trinajstić information content (AvgIpc) is 3.36. The van der Waals surface area contributed by atoms with Gasteiger partial charge < -0.3 is 9.64 Å². The molecule has 11 nitrogen and oxygen atoms in total. The van der Waals surface area contributed by atoms with E-state index < -0.39 is 34.6 Å². The highest BCUT2D eigenvalue weighted by atomic mass is 32.1. The van der Waals surface area contributed by atoms with Crippen LogP contribution < -0.4 is 19.9 Å². The van der Waals surface area contributed by atoms with Crippen molar-refractivity contribution in [2.75, 3.05) is 42.6 Å². The van der Waals surface area contributed by atoms with Crippen molar-refractivity contribution in [1.29, 1.82) is 5.26 Å². The Morgan fingerprint density at radius 1 is 1.02 bits per heavy atom. The summed E-state index contributed by atoms with van der Waals surface area (Å²) in [6, 6.07) is 14.8. The summed E-state index contributed by atoms with van der Waals surface area (Å²) in [7, 11) is 0. The zero-order chi connectivity index (χ0) is 44.6. The van der Waals surface area contributed by atoms with E-state index in [1.807, 2.05) is 26.0 Å². The van der Waals surface area contributed by atoms with Crippen LogP contribution in [0.1, 0.15) is 88.1 Å². The Kier molecular flexibility index (Phi) is 13.4. The maximum atomic E-state index is 14.8. The molecule has 0 bridgehead atoms. The number of rotatable bonds is 13. The number of carbonyl (C=O) groups is 4. The lowest BCUT2D eigenvalue weighted by atomic mass is 9.90. The highest BCUT2D eigenvalue weighted by molar-refractivity contribution is 7.81. The van der Waals surface area contributed by atoms with Gasteiger partial charge in [0.05, 0.1) is 29.4 Å². The lowest BCUT2D eigenvalue weighted by Crippen LogP contribution is -2.58. The number of halogens is 4. The number of piperidine rings is 1. The Labute approximate surface area is 358 Å². The molecule has 1 N–H and O–H groups in total. The van der Waals surface area contributed by atoms with Crippen molar-refractivity contribution in [3.05, 3.63) is 88.2 Å². The predicted molar refractivity (Wildman–Crippen MR) is 226 cm³/mol. The van der Waals surface area contributed by atoms with Gasteiger partial charge in [-0.1, -0.05) is 26.0 Å². The van der Waals surface area contributed by atoms with Crippen molar-refractivity contribution in [3.63, 3.8) is 0 Å². The fraction of sp³-hybridized carbons (Fsp3) is 0.467. The van der Waals surface area contributed by atoms with Crippen molar-refractivity contribution in [2.45, 2.75) is 96.9 Å². The van der Waals surface area contributed by atoms with Crippen LogP contribution in [0.2, 0.25) is 0 Å². The number of carbonyl (C=O) groups excluding carboxylic acids is 4. The van der Waals surface area contributed by atoms with Crippen LogP contribution >= 0.6 is 12.2 Å². The van der Waals surface area contributed by atoms with Gasteiger partial charge in [-0.2, -0.15) is 18.4 Å². The number of thiocarbonyl (C=S) groups is 1. The van der Waals surface area contributed by atoms with Crippen molar-refractivity contribution < 1.29 is 41.5 Å². The highest BCUT2D eigenvalue weighted by Gasteiger charge is 2.51. The number of amides is 3. The minimum Gasteiger partial charge on any atom is -0.492 e. The molecule has 3 saturated heterocycles. The molecule has 0 spiro atoms. The van der Waals surface area contributed by atoms with E-state index >= 15 is 0 Å². The fourth-order valence-electron chi connectivity index (χ4n) is 8.54. The monoisotopic (exact) mass is 862 g/mol. The number of hydrogen-bond donors (Lipinski definition) is 1. The normalized spacial score (nSPS) is 21.2. The zero-order valence-electron chi connectivity index (χ0n) is 35.1. The van der Waals surface area contributed by atoms with Crippen molar-refractivity contribution >= 4 is 52.2 Å². The Hall–Kier alpha value is -5.24. The fourth-order valence-corrected chi connectivity index (χ4v) is 9.06. The molecule has 3 fully saturated rings. The van der Waals surface area contributed by atoms with Crippen LogP contribution in [0.3, 0.4) is 0 Å². The number of piperazine rings is 1. The summed E-state index contributed by atoms with van der Waals surface area (Å²) in [5.74, 6) is -1.47.